The molecule has 3 heteroatoms. The number of allylic oxidation sites excluding steroid dienone is 1. The Balaban J connectivity index is 2.36. The molecule has 0 N–H and O–H groups in total. The third-order valence-corrected chi connectivity index (χ3v) is 2.43. The average molecular weight is 239 g/mol. The fourth-order valence-corrected chi connectivity index (χ4v) is 1.50. The second-order valence-electron chi connectivity index (χ2n) is 3.39. The smallest absolute Gasteiger partial charge is 0.189 e. The lowest BCUT2D eigenvalue weighted by Crippen LogP contribution is -2.10. The zero-order valence-corrected chi connectivity index (χ0v) is 9.87. The highest BCUT2D eigenvalue weighted by atomic mass is 35.5. The van der Waals surface area contributed by atoms with Crippen LogP contribution in [-0.4, -0.2) is 19.0 Å². The van der Waals surface area contributed by atoms with E-state index in [1.807, 2.05) is 6.08 Å². The monoisotopic (exact) mass is 238 g/mol. The summed E-state index contributed by atoms with van der Waals surface area (Å²) in [5.74, 6) is -0.0794. The van der Waals surface area contributed by atoms with Gasteiger partial charge in [0.1, 0.15) is 6.61 Å². The molecule has 0 aliphatic heterocycles. The van der Waals surface area contributed by atoms with Crippen LogP contribution in [0.2, 0.25) is 5.02 Å². The van der Waals surface area contributed by atoms with Crippen LogP contribution < -0.4 is 0 Å². The maximum absolute atomic E-state index is 11.7. The molecule has 0 spiro atoms. The van der Waals surface area contributed by atoms with Crippen molar-refractivity contribution < 1.29 is 9.53 Å². The van der Waals surface area contributed by atoms with Crippen molar-refractivity contribution >= 4 is 17.4 Å². The van der Waals surface area contributed by atoms with Crippen molar-refractivity contribution in [3.63, 3.8) is 0 Å². The molecule has 2 nitrogen and oxygen atoms in total. The highest BCUT2D eigenvalue weighted by Crippen LogP contribution is 2.15. The van der Waals surface area contributed by atoms with Gasteiger partial charge in [0, 0.05) is 12.2 Å². The molecule has 1 rings (SSSR count). The Morgan fingerprint density at radius 3 is 2.88 bits per heavy atom. The number of rotatable bonds is 7. The number of benzene rings is 1. The van der Waals surface area contributed by atoms with Crippen LogP contribution in [0.15, 0.2) is 36.9 Å². The highest BCUT2D eigenvalue weighted by molar-refractivity contribution is 6.34. The standard InChI is InChI=1S/C13H15ClO2/c1-2-3-6-9-16-10-13(15)11-7-4-5-8-12(11)14/h2,4-5,7-8H,1,3,6,9-10H2. The van der Waals surface area contributed by atoms with Crippen molar-refractivity contribution in [2.24, 2.45) is 0 Å². The molecule has 0 heterocycles. The second kappa shape index (κ2) is 7.20. The molecule has 0 unspecified atom stereocenters. The molecular weight excluding hydrogens is 224 g/mol. The van der Waals surface area contributed by atoms with E-state index in [0.717, 1.165) is 12.8 Å². The van der Waals surface area contributed by atoms with Crippen LogP contribution >= 0.6 is 11.6 Å². The van der Waals surface area contributed by atoms with Gasteiger partial charge in [-0.15, -0.1) is 6.58 Å². The first-order chi connectivity index (χ1) is 7.75. The average Bonchev–Trinajstić information content (AvgIpc) is 2.29. The first-order valence-corrected chi connectivity index (χ1v) is 5.60. The van der Waals surface area contributed by atoms with Crippen LogP contribution in [0.4, 0.5) is 0 Å². The number of halogens is 1. The van der Waals surface area contributed by atoms with Crippen LogP contribution in [0.1, 0.15) is 23.2 Å². The Bertz CT molecular complexity index is 361. The number of carbonyl (C=O) groups is 1. The summed E-state index contributed by atoms with van der Waals surface area (Å²) in [6, 6.07) is 6.99. The van der Waals surface area contributed by atoms with Gasteiger partial charge in [-0.2, -0.15) is 0 Å². The lowest BCUT2D eigenvalue weighted by molar-refractivity contribution is 0.0757. The van der Waals surface area contributed by atoms with E-state index in [0.29, 0.717) is 17.2 Å². The predicted octanol–water partition coefficient (Wildman–Crippen LogP) is 3.51. The Morgan fingerprint density at radius 1 is 1.44 bits per heavy atom. The molecule has 0 amide bonds. The van der Waals surface area contributed by atoms with E-state index >= 15 is 0 Å². The Kier molecular flexibility index (Phi) is 5.83. The third-order valence-electron chi connectivity index (χ3n) is 2.10. The Hall–Kier alpha value is -1.12. The molecule has 0 saturated carbocycles. The van der Waals surface area contributed by atoms with Gasteiger partial charge in [-0.3, -0.25) is 4.79 Å². The first-order valence-electron chi connectivity index (χ1n) is 5.22. The number of unbranched alkanes of at least 4 members (excludes halogenated alkanes) is 1. The number of Topliss-reactive ketones (excluding diaryl/α,β-unsaturated/α-hetero) is 1. The largest absolute Gasteiger partial charge is 0.373 e. The molecule has 0 aliphatic carbocycles. The maximum atomic E-state index is 11.7. The minimum atomic E-state index is -0.0794. The van der Waals surface area contributed by atoms with Crippen molar-refractivity contribution in [3.05, 3.63) is 47.5 Å². The second-order valence-corrected chi connectivity index (χ2v) is 3.79. The summed E-state index contributed by atoms with van der Waals surface area (Å²) in [4.78, 5) is 11.7. The molecule has 1 aromatic rings. The molecule has 0 aromatic heterocycles. The van der Waals surface area contributed by atoms with Gasteiger partial charge in [-0.1, -0.05) is 29.8 Å². The van der Waals surface area contributed by atoms with Crippen molar-refractivity contribution in [2.75, 3.05) is 13.2 Å². The highest BCUT2D eigenvalue weighted by Gasteiger charge is 2.08. The summed E-state index contributed by atoms with van der Waals surface area (Å²) >= 11 is 5.89. The van der Waals surface area contributed by atoms with Crippen LogP contribution in [0.5, 0.6) is 0 Å². The van der Waals surface area contributed by atoms with Crippen molar-refractivity contribution in [1.82, 2.24) is 0 Å². The van der Waals surface area contributed by atoms with E-state index in [9.17, 15) is 4.79 Å². The molecule has 0 atom stereocenters. The lowest BCUT2D eigenvalue weighted by Gasteiger charge is -2.04. The normalized spacial score (nSPS) is 10.1. The topological polar surface area (TPSA) is 26.3 Å². The van der Waals surface area contributed by atoms with E-state index in [-0.39, 0.29) is 12.4 Å². The number of carbonyl (C=O) groups excluding carboxylic acids is 1. The first kappa shape index (κ1) is 12.9. The van der Waals surface area contributed by atoms with Crippen LogP contribution in [0, 0.1) is 0 Å². The summed E-state index contributed by atoms with van der Waals surface area (Å²) in [6.45, 7) is 4.27. The van der Waals surface area contributed by atoms with Gasteiger partial charge < -0.3 is 4.74 Å². The van der Waals surface area contributed by atoms with Crippen molar-refractivity contribution in [2.45, 2.75) is 12.8 Å². The molecule has 86 valence electrons. The molecule has 1 aromatic carbocycles. The summed E-state index contributed by atoms with van der Waals surface area (Å²) in [7, 11) is 0. The van der Waals surface area contributed by atoms with Gasteiger partial charge in [0.25, 0.3) is 0 Å². The number of ether oxygens (including phenoxy) is 1. The fraction of sp³-hybridized carbons (Fsp3) is 0.308. The summed E-state index contributed by atoms with van der Waals surface area (Å²) in [5, 5.41) is 0.474. The van der Waals surface area contributed by atoms with Gasteiger partial charge in [0.2, 0.25) is 0 Å². The Morgan fingerprint density at radius 2 is 2.19 bits per heavy atom. The van der Waals surface area contributed by atoms with E-state index in [1.54, 1.807) is 24.3 Å². The fourth-order valence-electron chi connectivity index (χ4n) is 1.26. The summed E-state index contributed by atoms with van der Waals surface area (Å²) < 4.78 is 5.25. The molecule has 16 heavy (non-hydrogen) atoms. The predicted molar refractivity (Wildman–Crippen MR) is 66.0 cm³/mol. The lowest BCUT2D eigenvalue weighted by atomic mass is 10.1. The molecule has 0 saturated heterocycles. The molecule has 0 aliphatic rings. The molecular formula is C13H15ClO2. The Labute approximate surface area is 101 Å². The van der Waals surface area contributed by atoms with Gasteiger partial charge in [-0.05, 0) is 25.0 Å². The van der Waals surface area contributed by atoms with Crippen molar-refractivity contribution in [3.8, 4) is 0 Å². The zero-order chi connectivity index (χ0) is 11.8. The number of ketones is 1. The zero-order valence-electron chi connectivity index (χ0n) is 9.12. The van der Waals surface area contributed by atoms with Gasteiger partial charge in [-0.25, -0.2) is 0 Å². The van der Waals surface area contributed by atoms with E-state index < -0.39 is 0 Å². The summed E-state index contributed by atoms with van der Waals surface area (Å²) in [5.41, 5.74) is 0.521. The van der Waals surface area contributed by atoms with Crippen molar-refractivity contribution in [1.29, 1.82) is 0 Å². The van der Waals surface area contributed by atoms with Crippen LogP contribution in [0.25, 0.3) is 0 Å². The van der Waals surface area contributed by atoms with Gasteiger partial charge >= 0.3 is 0 Å². The van der Waals surface area contributed by atoms with E-state index in [1.165, 1.54) is 0 Å². The summed E-state index contributed by atoms with van der Waals surface area (Å²) in [6.07, 6.45) is 3.62. The quantitative estimate of drug-likeness (QED) is 0.413. The van der Waals surface area contributed by atoms with E-state index in [4.69, 9.17) is 16.3 Å². The number of hydrogen-bond acceptors (Lipinski definition) is 2. The third kappa shape index (κ3) is 4.17. The van der Waals surface area contributed by atoms with E-state index in [2.05, 4.69) is 6.58 Å². The number of hydrogen-bond donors (Lipinski definition) is 0. The van der Waals surface area contributed by atoms with Gasteiger partial charge in [0.15, 0.2) is 5.78 Å². The minimum absolute atomic E-state index is 0.0794. The molecule has 0 fully saturated rings. The molecule has 0 radical (unpaired) electrons. The SMILES string of the molecule is C=CCCCOCC(=O)c1ccccc1Cl. The molecule has 0 bridgehead atoms. The van der Waals surface area contributed by atoms with Gasteiger partial charge in [0.05, 0.1) is 5.02 Å². The minimum Gasteiger partial charge on any atom is -0.373 e. The van der Waals surface area contributed by atoms with Crippen LogP contribution in [0.3, 0.4) is 0 Å². The maximum Gasteiger partial charge on any atom is 0.189 e. The van der Waals surface area contributed by atoms with Crippen LogP contribution in [-0.2, 0) is 4.74 Å².